The van der Waals surface area contributed by atoms with E-state index in [-0.39, 0.29) is 6.03 Å². The van der Waals surface area contributed by atoms with Gasteiger partial charge in [-0.05, 0) is 39.2 Å². The van der Waals surface area contributed by atoms with Crippen molar-refractivity contribution in [3.63, 3.8) is 0 Å². The lowest BCUT2D eigenvalue weighted by Gasteiger charge is -2.44. The van der Waals surface area contributed by atoms with Crippen molar-refractivity contribution in [2.75, 3.05) is 13.1 Å². The highest BCUT2D eigenvalue weighted by molar-refractivity contribution is 5.74. The Morgan fingerprint density at radius 1 is 1.35 bits per heavy atom. The Balaban J connectivity index is 1.85. The lowest BCUT2D eigenvalue weighted by Crippen LogP contribution is -2.58. The molecular weight excluding hydrogens is 214 g/mol. The fraction of sp³-hybridized carbons (Fsp3) is 0.923. The average molecular weight is 239 g/mol. The first kappa shape index (κ1) is 12.7. The standard InChI is InChI=1S/C13H25N3O/c1-2-14-12(17)16-11-6-9-15-13(10-11)7-4-3-5-8-13/h11,15H,2-10H2,1H3,(H2,14,16,17). The smallest absolute Gasteiger partial charge is 0.314 e. The molecule has 1 saturated carbocycles. The van der Waals surface area contributed by atoms with E-state index in [1.165, 1.54) is 32.1 Å². The Hall–Kier alpha value is -0.770. The van der Waals surface area contributed by atoms with Gasteiger partial charge >= 0.3 is 6.03 Å². The van der Waals surface area contributed by atoms with Crippen molar-refractivity contribution in [2.45, 2.75) is 63.5 Å². The van der Waals surface area contributed by atoms with Crippen LogP contribution in [0.25, 0.3) is 0 Å². The first-order chi connectivity index (χ1) is 8.24. The molecule has 4 heteroatoms. The minimum Gasteiger partial charge on any atom is -0.338 e. The number of hydrogen-bond acceptors (Lipinski definition) is 2. The third kappa shape index (κ3) is 3.35. The van der Waals surface area contributed by atoms with Gasteiger partial charge in [-0.25, -0.2) is 4.79 Å². The maximum atomic E-state index is 11.5. The van der Waals surface area contributed by atoms with E-state index in [9.17, 15) is 4.79 Å². The van der Waals surface area contributed by atoms with E-state index in [4.69, 9.17) is 0 Å². The van der Waals surface area contributed by atoms with Crippen LogP contribution in [-0.4, -0.2) is 30.7 Å². The summed E-state index contributed by atoms with van der Waals surface area (Å²) in [4.78, 5) is 11.5. The Labute approximate surface area is 104 Å². The van der Waals surface area contributed by atoms with Crippen LogP contribution in [0, 0.1) is 0 Å². The molecule has 1 aliphatic carbocycles. The monoisotopic (exact) mass is 239 g/mol. The van der Waals surface area contributed by atoms with Crippen molar-refractivity contribution >= 4 is 6.03 Å². The van der Waals surface area contributed by atoms with Crippen LogP contribution in [0.4, 0.5) is 4.79 Å². The van der Waals surface area contributed by atoms with Gasteiger partial charge in [-0.1, -0.05) is 19.3 Å². The summed E-state index contributed by atoms with van der Waals surface area (Å²) < 4.78 is 0. The number of carbonyl (C=O) groups excluding carboxylic acids is 1. The second-order valence-corrected chi connectivity index (χ2v) is 5.46. The SMILES string of the molecule is CCNC(=O)NC1CCNC2(CCCCC2)C1. The predicted octanol–water partition coefficient (Wildman–Crippen LogP) is 1.76. The molecule has 1 aliphatic heterocycles. The highest BCUT2D eigenvalue weighted by Gasteiger charge is 2.37. The quantitative estimate of drug-likeness (QED) is 0.688. The summed E-state index contributed by atoms with van der Waals surface area (Å²) in [6, 6.07) is 0.339. The van der Waals surface area contributed by atoms with Gasteiger partial charge in [-0.2, -0.15) is 0 Å². The Morgan fingerprint density at radius 2 is 2.12 bits per heavy atom. The van der Waals surface area contributed by atoms with Crippen molar-refractivity contribution in [3.8, 4) is 0 Å². The van der Waals surface area contributed by atoms with E-state index in [1.807, 2.05) is 6.92 Å². The van der Waals surface area contributed by atoms with Crippen molar-refractivity contribution in [2.24, 2.45) is 0 Å². The van der Waals surface area contributed by atoms with Gasteiger partial charge in [0.1, 0.15) is 0 Å². The highest BCUT2D eigenvalue weighted by Crippen LogP contribution is 2.34. The lowest BCUT2D eigenvalue weighted by molar-refractivity contribution is 0.157. The molecule has 1 atom stereocenters. The number of nitrogens with one attached hydrogen (secondary N) is 3. The zero-order chi connectivity index (χ0) is 12.1. The van der Waals surface area contributed by atoms with E-state index in [2.05, 4.69) is 16.0 Å². The first-order valence-corrected chi connectivity index (χ1v) is 7.03. The Morgan fingerprint density at radius 3 is 2.82 bits per heavy atom. The maximum absolute atomic E-state index is 11.5. The number of carbonyl (C=O) groups is 1. The molecule has 1 heterocycles. The fourth-order valence-corrected chi connectivity index (χ4v) is 3.29. The molecule has 1 saturated heterocycles. The molecule has 2 rings (SSSR count). The molecule has 0 bridgehead atoms. The number of hydrogen-bond donors (Lipinski definition) is 3. The van der Waals surface area contributed by atoms with E-state index < -0.39 is 0 Å². The second kappa shape index (κ2) is 5.71. The zero-order valence-corrected chi connectivity index (χ0v) is 10.8. The molecule has 2 fully saturated rings. The van der Waals surface area contributed by atoms with Crippen LogP contribution >= 0.6 is 0 Å². The van der Waals surface area contributed by atoms with Gasteiger partial charge in [0.25, 0.3) is 0 Å². The molecule has 2 aliphatic rings. The van der Waals surface area contributed by atoms with Crippen LogP contribution < -0.4 is 16.0 Å². The minimum absolute atomic E-state index is 0.00893. The first-order valence-electron chi connectivity index (χ1n) is 7.03. The predicted molar refractivity (Wildman–Crippen MR) is 69.0 cm³/mol. The highest BCUT2D eigenvalue weighted by atomic mass is 16.2. The molecule has 2 amide bonds. The van der Waals surface area contributed by atoms with Gasteiger partial charge < -0.3 is 16.0 Å². The number of amides is 2. The second-order valence-electron chi connectivity index (χ2n) is 5.46. The maximum Gasteiger partial charge on any atom is 0.314 e. The van der Waals surface area contributed by atoms with E-state index in [0.29, 0.717) is 18.1 Å². The molecule has 98 valence electrons. The summed E-state index contributed by atoms with van der Waals surface area (Å²) in [6.45, 7) is 3.68. The van der Waals surface area contributed by atoms with E-state index in [1.54, 1.807) is 0 Å². The number of piperidine rings is 1. The number of urea groups is 1. The van der Waals surface area contributed by atoms with Crippen molar-refractivity contribution in [1.82, 2.24) is 16.0 Å². The van der Waals surface area contributed by atoms with Gasteiger partial charge in [0.15, 0.2) is 0 Å². The molecule has 3 N–H and O–H groups in total. The Bertz CT molecular complexity index is 256. The van der Waals surface area contributed by atoms with Crippen LogP contribution in [0.5, 0.6) is 0 Å². The van der Waals surface area contributed by atoms with Gasteiger partial charge in [-0.3, -0.25) is 0 Å². The molecule has 4 nitrogen and oxygen atoms in total. The number of rotatable bonds is 2. The average Bonchev–Trinajstić information content (AvgIpc) is 2.30. The molecule has 0 radical (unpaired) electrons. The van der Waals surface area contributed by atoms with Crippen LogP contribution in [0.2, 0.25) is 0 Å². The summed E-state index contributed by atoms with van der Waals surface area (Å²) in [5, 5.41) is 9.61. The largest absolute Gasteiger partial charge is 0.338 e. The topological polar surface area (TPSA) is 53.2 Å². The zero-order valence-electron chi connectivity index (χ0n) is 10.8. The summed E-state index contributed by atoms with van der Waals surface area (Å²) in [6.07, 6.45) is 8.75. The van der Waals surface area contributed by atoms with Crippen molar-refractivity contribution in [1.29, 1.82) is 0 Å². The van der Waals surface area contributed by atoms with Gasteiger partial charge in [0, 0.05) is 18.1 Å². The minimum atomic E-state index is -0.00893. The van der Waals surface area contributed by atoms with Crippen LogP contribution in [0.1, 0.15) is 51.9 Å². The van der Waals surface area contributed by atoms with Crippen LogP contribution in [0.3, 0.4) is 0 Å². The molecule has 0 aromatic rings. The Kier molecular flexibility index (Phi) is 4.26. The van der Waals surface area contributed by atoms with E-state index in [0.717, 1.165) is 19.4 Å². The summed E-state index contributed by atoms with van der Waals surface area (Å²) in [7, 11) is 0. The third-order valence-electron chi connectivity index (χ3n) is 4.11. The fourth-order valence-electron chi connectivity index (χ4n) is 3.29. The van der Waals surface area contributed by atoms with Crippen LogP contribution in [0.15, 0.2) is 0 Å². The van der Waals surface area contributed by atoms with Gasteiger partial charge in [0.05, 0.1) is 0 Å². The summed E-state index contributed by atoms with van der Waals surface area (Å²) in [5.74, 6) is 0. The van der Waals surface area contributed by atoms with Gasteiger partial charge in [-0.15, -0.1) is 0 Å². The molecule has 1 unspecified atom stereocenters. The van der Waals surface area contributed by atoms with Crippen molar-refractivity contribution < 1.29 is 4.79 Å². The molecule has 0 aromatic heterocycles. The van der Waals surface area contributed by atoms with Crippen molar-refractivity contribution in [3.05, 3.63) is 0 Å². The van der Waals surface area contributed by atoms with E-state index >= 15 is 0 Å². The third-order valence-corrected chi connectivity index (χ3v) is 4.11. The van der Waals surface area contributed by atoms with Gasteiger partial charge in [0.2, 0.25) is 0 Å². The van der Waals surface area contributed by atoms with Crippen LogP contribution in [-0.2, 0) is 0 Å². The lowest BCUT2D eigenvalue weighted by atomic mass is 9.75. The molecule has 1 spiro atoms. The molecular formula is C13H25N3O. The summed E-state index contributed by atoms with van der Waals surface area (Å²) >= 11 is 0. The normalized spacial score (nSPS) is 27.7. The molecule has 0 aromatic carbocycles. The summed E-state index contributed by atoms with van der Waals surface area (Å²) in [5.41, 5.74) is 0.320. The molecule has 17 heavy (non-hydrogen) atoms.